The molecule has 2 aromatic rings. The van der Waals surface area contributed by atoms with Crippen LogP contribution in [0.15, 0.2) is 18.2 Å². The molecule has 0 bridgehead atoms. The third kappa shape index (κ3) is 1.45. The van der Waals surface area contributed by atoms with Crippen LogP contribution < -0.4 is 5.73 Å². The molecule has 76 valence electrons. The van der Waals surface area contributed by atoms with Crippen LogP contribution in [0.3, 0.4) is 0 Å². The Kier molecular flexibility index (Phi) is 2.32. The van der Waals surface area contributed by atoms with Crippen molar-refractivity contribution in [3.63, 3.8) is 0 Å². The van der Waals surface area contributed by atoms with Crippen LogP contribution in [0.2, 0.25) is 5.02 Å². The van der Waals surface area contributed by atoms with Crippen molar-refractivity contribution in [3.05, 3.63) is 34.5 Å². The molecular formula is C11H9ClN2O. The van der Waals surface area contributed by atoms with Gasteiger partial charge in [-0.3, -0.25) is 9.78 Å². The van der Waals surface area contributed by atoms with Crippen molar-refractivity contribution in [2.75, 3.05) is 5.73 Å². The fraction of sp³-hybridized carbons (Fsp3) is 0.0909. The highest BCUT2D eigenvalue weighted by atomic mass is 35.5. The molecule has 0 unspecified atom stereocenters. The first-order valence-electron chi connectivity index (χ1n) is 4.44. The van der Waals surface area contributed by atoms with Crippen LogP contribution in [0, 0.1) is 6.92 Å². The van der Waals surface area contributed by atoms with Gasteiger partial charge in [0.05, 0.1) is 27.5 Å². The summed E-state index contributed by atoms with van der Waals surface area (Å²) >= 11 is 6.01. The second-order valence-electron chi connectivity index (χ2n) is 3.28. The van der Waals surface area contributed by atoms with Crippen LogP contribution in [0.25, 0.3) is 10.9 Å². The van der Waals surface area contributed by atoms with Gasteiger partial charge in [-0.05, 0) is 19.1 Å². The lowest BCUT2D eigenvalue weighted by Gasteiger charge is -2.08. The molecule has 4 heteroatoms. The molecule has 0 amide bonds. The summed E-state index contributed by atoms with van der Waals surface area (Å²) in [6, 6.07) is 5.35. The topological polar surface area (TPSA) is 56.0 Å². The third-order valence-corrected chi connectivity index (χ3v) is 2.66. The van der Waals surface area contributed by atoms with Gasteiger partial charge in [-0.25, -0.2) is 0 Å². The number of nitrogens with zero attached hydrogens (tertiary/aromatic N) is 1. The first kappa shape index (κ1) is 9.93. The van der Waals surface area contributed by atoms with Gasteiger partial charge in [0.25, 0.3) is 0 Å². The molecule has 0 atom stereocenters. The SMILES string of the molecule is Cc1nc2cccc(Cl)c2c(N)c1C=O. The van der Waals surface area contributed by atoms with Crippen LogP contribution in [0.5, 0.6) is 0 Å². The van der Waals surface area contributed by atoms with Crippen LogP contribution in [0.1, 0.15) is 16.1 Å². The first-order valence-corrected chi connectivity index (χ1v) is 4.82. The van der Waals surface area contributed by atoms with Crippen molar-refractivity contribution in [2.24, 2.45) is 0 Å². The number of fused-ring (bicyclic) bond motifs is 1. The number of carbonyl (C=O) groups excluding carboxylic acids is 1. The predicted octanol–water partition coefficient (Wildman–Crippen LogP) is 2.59. The van der Waals surface area contributed by atoms with Gasteiger partial charge in [-0.1, -0.05) is 17.7 Å². The zero-order valence-corrected chi connectivity index (χ0v) is 8.88. The van der Waals surface area contributed by atoms with E-state index in [1.54, 1.807) is 19.1 Å². The van der Waals surface area contributed by atoms with Crippen LogP contribution in [-0.2, 0) is 0 Å². The van der Waals surface area contributed by atoms with E-state index in [1.165, 1.54) is 0 Å². The van der Waals surface area contributed by atoms with Gasteiger partial charge in [-0.15, -0.1) is 0 Å². The second-order valence-corrected chi connectivity index (χ2v) is 3.68. The minimum Gasteiger partial charge on any atom is -0.397 e. The molecule has 0 saturated heterocycles. The maximum Gasteiger partial charge on any atom is 0.153 e. The monoisotopic (exact) mass is 220 g/mol. The molecule has 0 radical (unpaired) electrons. The third-order valence-electron chi connectivity index (χ3n) is 2.35. The Morgan fingerprint density at radius 1 is 1.47 bits per heavy atom. The van der Waals surface area contributed by atoms with Crippen molar-refractivity contribution in [1.29, 1.82) is 0 Å². The number of aldehydes is 1. The number of nitrogens with two attached hydrogens (primary N) is 1. The second kappa shape index (κ2) is 3.51. The number of aromatic nitrogens is 1. The number of hydrogen-bond donors (Lipinski definition) is 1. The number of benzene rings is 1. The lowest BCUT2D eigenvalue weighted by molar-refractivity contribution is 0.112. The molecule has 0 saturated carbocycles. The minimum atomic E-state index is 0.401. The summed E-state index contributed by atoms with van der Waals surface area (Å²) in [5, 5.41) is 1.16. The molecule has 1 heterocycles. The Labute approximate surface area is 91.9 Å². The van der Waals surface area contributed by atoms with Gasteiger partial charge in [0.1, 0.15) is 0 Å². The Bertz CT molecular complexity index is 552. The number of halogens is 1. The van der Waals surface area contributed by atoms with Crippen LogP contribution >= 0.6 is 11.6 Å². The molecule has 0 aliphatic carbocycles. The quantitative estimate of drug-likeness (QED) is 0.752. The Balaban J connectivity index is 2.98. The molecule has 15 heavy (non-hydrogen) atoms. The van der Waals surface area contributed by atoms with E-state index in [9.17, 15) is 4.79 Å². The summed E-state index contributed by atoms with van der Waals surface area (Å²) in [6.45, 7) is 1.75. The van der Waals surface area contributed by atoms with E-state index in [1.807, 2.05) is 6.07 Å². The maximum atomic E-state index is 10.8. The Hall–Kier alpha value is -1.61. The fourth-order valence-electron chi connectivity index (χ4n) is 1.59. The van der Waals surface area contributed by atoms with E-state index in [4.69, 9.17) is 17.3 Å². The van der Waals surface area contributed by atoms with Crippen LogP contribution in [-0.4, -0.2) is 11.3 Å². The number of pyridine rings is 1. The number of hydrogen-bond acceptors (Lipinski definition) is 3. The fourth-order valence-corrected chi connectivity index (χ4v) is 1.86. The molecule has 3 nitrogen and oxygen atoms in total. The number of carbonyl (C=O) groups is 1. The van der Waals surface area contributed by atoms with Crippen molar-refractivity contribution in [1.82, 2.24) is 4.98 Å². The van der Waals surface area contributed by atoms with Gasteiger partial charge in [0.15, 0.2) is 6.29 Å². The summed E-state index contributed by atoms with van der Waals surface area (Å²) in [4.78, 5) is 15.1. The van der Waals surface area contributed by atoms with Gasteiger partial charge in [0, 0.05) is 5.39 Å². The molecule has 0 fully saturated rings. The molecule has 0 aliphatic heterocycles. The molecule has 2 rings (SSSR count). The first-order chi connectivity index (χ1) is 7.15. The van der Waals surface area contributed by atoms with E-state index < -0.39 is 0 Å². The van der Waals surface area contributed by atoms with Crippen LogP contribution in [0.4, 0.5) is 5.69 Å². The van der Waals surface area contributed by atoms with Crippen molar-refractivity contribution in [3.8, 4) is 0 Å². The van der Waals surface area contributed by atoms with Crippen molar-refractivity contribution >= 4 is 34.5 Å². The van der Waals surface area contributed by atoms with E-state index >= 15 is 0 Å². The average molecular weight is 221 g/mol. The summed E-state index contributed by atoms with van der Waals surface area (Å²) in [5.74, 6) is 0. The highest BCUT2D eigenvalue weighted by Gasteiger charge is 2.11. The summed E-state index contributed by atoms with van der Waals surface area (Å²) < 4.78 is 0. The standard InChI is InChI=1S/C11H9ClN2O/c1-6-7(5-15)11(13)10-8(12)3-2-4-9(10)14-6/h2-5H,1H3,(H2,13,14). The highest BCUT2D eigenvalue weighted by Crippen LogP contribution is 2.30. The number of nitrogen functional groups attached to an aromatic ring is 1. The van der Waals surface area contributed by atoms with Gasteiger partial charge < -0.3 is 5.73 Å². The maximum absolute atomic E-state index is 10.8. The Morgan fingerprint density at radius 2 is 2.20 bits per heavy atom. The number of anilines is 1. The number of rotatable bonds is 1. The van der Waals surface area contributed by atoms with E-state index in [2.05, 4.69) is 4.98 Å². The van der Waals surface area contributed by atoms with E-state index in [0.29, 0.717) is 39.2 Å². The number of aryl methyl sites for hydroxylation is 1. The summed E-state index contributed by atoms with van der Waals surface area (Å²) in [6.07, 6.45) is 0.709. The van der Waals surface area contributed by atoms with Crippen molar-refractivity contribution < 1.29 is 4.79 Å². The highest BCUT2D eigenvalue weighted by molar-refractivity contribution is 6.36. The molecular weight excluding hydrogens is 212 g/mol. The lowest BCUT2D eigenvalue weighted by Crippen LogP contribution is -2.00. The largest absolute Gasteiger partial charge is 0.397 e. The minimum absolute atomic E-state index is 0.401. The van der Waals surface area contributed by atoms with Gasteiger partial charge >= 0.3 is 0 Å². The Morgan fingerprint density at radius 3 is 2.87 bits per heavy atom. The molecule has 0 spiro atoms. The zero-order chi connectivity index (χ0) is 11.0. The lowest BCUT2D eigenvalue weighted by atomic mass is 10.1. The molecule has 2 N–H and O–H groups in total. The summed E-state index contributed by atoms with van der Waals surface area (Å²) in [5.41, 5.74) is 8.02. The average Bonchev–Trinajstić information content (AvgIpc) is 2.17. The molecule has 1 aromatic heterocycles. The van der Waals surface area contributed by atoms with E-state index in [-0.39, 0.29) is 0 Å². The van der Waals surface area contributed by atoms with Crippen molar-refractivity contribution in [2.45, 2.75) is 6.92 Å². The predicted molar refractivity (Wildman–Crippen MR) is 61.3 cm³/mol. The molecule has 1 aromatic carbocycles. The summed E-state index contributed by atoms with van der Waals surface area (Å²) in [7, 11) is 0. The van der Waals surface area contributed by atoms with Gasteiger partial charge in [-0.2, -0.15) is 0 Å². The van der Waals surface area contributed by atoms with E-state index in [0.717, 1.165) is 0 Å². The normalized spacial score (nSPS) is 10.5. The molecule has 0 aliphatic rings. The van der Waals surface area contributed by atoms with Gasteiger partial charge in [0.2, 0.25) is 0 Å². The zero-order valence-electron chi connectivity index (χ0n) is 8.12. The smallest absolute Gasteiger partial charge is 0.153 e.